The van der Waals surface area contributed by atoms with Crippen molar-refractivity contribution in [1.82, 2.24) is 5.43 Å². The standard InChI is InChI=1S/C21H23BrN4O3S/c22-19-7-3-2-6-16(19)14-30-15-21(27)24-23-13-17-12-18(26(28)29)8-9-20(17)25-10-4-1-5-11-25/h2-3,6-9,12-13H,1,4-5,10-11,14-15H2,(H,24,27)/b23-13-. The molecule has 0 aromatic heterocycles. The minimum absolute atomic E-state index is 0.00697. The normalized spacial score (nSPS) is 14.1. The molecule has 3 rings (SSSR count). The fourth-order valence-corrected chi connectivity index (χ4v) is 4.69. The van der Waals surface area contributed by atoms with Crippen LogP contribution in [0.5, 0.6) is 0 Å². The molecule has 30 heavy (non-hydrogen) atoms. The third-order valence-electron chi connectivity index (χ3n) is 4.76. The number of anilines is 1. The fraction of sp³-hybridized carbons (Fsp3) is 0.333. The molecule has 1 amide bonds. The molecule has 1 heterocycles. The van der Waals surface area contributed by atoms with Crippen molar-refractivity contribution in [3.63, 3.8) is 0 Å². The van der Waals surface area contributed by atoms with Crippen molar-refractivity contribution in [1.29, 1.82) is 0 Å². The predicted molar refractivity (Wildman–Crippen MR) is 125 cm³/mol. The largest absolute Gasteiger partial charge is 0.371 e. The molecule has 1 aliphatic rings. The van der Waals surface area contributed by atoms with Crippen LogP contribution in [0.2, 0.25) is 0 Å². The first-order chi connectivity index (χ1) is 14.5. The van der Waals surface area contributed by atoms with Crippen LogP contribution in [0.3, 0.4) is 0 Å². The van der Waals surface area contributed by atoms with Gasteiger partial charge in [-0.3, -0.25) is 14.9 Å². The van der Waals surface area contributed by atoms with Gasteiger partial charge in [-0.2, -0.15) is 5.10 Å². The second-order valence-corrected chi connectivity index (χ2v) is 8.77. The van der Waals surface area contributed by atoms with Crippen LogP contribution in [-0.4, -0.2) is 35.9 Å². The molecule has 1 saturated heterocycles. The fourth-order valence-electron chi connectivity index (χ4n) is 3.26. The Bertz CT molecular complexity index is 932. The number of nitro benzene ring substituents is 1. The van der Waals surface area contributed by atoms with Crippen molar-refractivity contribution in [3.05, 3.63) is 68.2 Å². The van der Waals surface area contributed by atoms with E-state index in [4.69, 9.17) is 0 Å². The molecule has 0 radical (unpaired) electrons. The van der Waals surface area contributed by atoms with E-state index >= 15 is 0 Å². The summed E-state index contributed by atoms with van der Waals surface area (Å²) in [5.74, 6) is 0.767. The molecule has 0 aliphatic carbocycles. The topological polar surface area (TPSA) is 87.8 Å². The number of nitrogens with one attached hydrogen (secondary N) is 1. The monoisotopic (exact) mass is 490 g/mol. The minimum Gasteiger partial charge on any atom is -0.371 e. The van der Waals surface area contributed by atoms with Crippen molar-refractivity contribution < 1.29 is 9.72 Å². The van der Waals surface area contributed by atoms with Gasteiger partial charge in [0.1, 0.15) is 0 Å². The molecule has 1 aliphatic heterocycles. The summed E-state index contributed by atoms with van der Waals surface area (Å²) in [7, 11) is 0. The highest BCUT2D eigenvalue weighted by molar-refractivity contribution is 9.10. The molecule has 9 heteroatoms. The predicted octanol–water partition coefficient (Wildman–Crippen LogP) is 4.73. The lowest BCUT2D eigenvalue weighted by Crippen LogP contribution is -2.30. The first kappa shape index (κ1) is 22.3. The second-order valence-electron chi connectivity index (χ2n) is 6.93. The van der Waals surface area contributed by atoms with Gasteiger partial charge in [-0.25, -0.2) is 5.43 Å². The molecule has 158 valence electrons. The van der Waals surface area contributed by atoms with Gasteiger partial charge in [0.2, 0.25) is 5.91 Å². The zero-order valence-corrected chi connectivity index (χ0v) is 18.8. The number of non-ortho nitro benzene ring substituents is 1. The Hall–Kier alpha value is -2.39. The van der Waals surface area contributed by atoms with Gasteiger partial charge in [-0.1, -0.05) is 34.1 Å². The molecule has 7 nitrogen and oxygen atoms in total. The van der Waals surface area contributed by atoms with Crippen molar-refractivity contribution in [2.24, 2.45) is 5.10 Å². The number of hydrazone groups is 1. The van der Waals surface area contributed by atoms with E-state index in [1.54, 1.807) is 6.07 Å². The third kappa shape index (κ3) is 6.30. The quantitative estimate of drug-likeness (QED) is 0.328. The Morgan fingerprint density at radius 2 is 2.00 bits per heavy atom. The Morgan fingerprint density at radius 3 is 2.73 bits per heavy atom. The summed E-state index contributed by atoms with van der Waals surface area (Å²) in [6.07, 6.45) is 4.88. The zero-order chi connectivity index (χ0) is 21.3. The van der Waals surface area contributed by atoms with Gasteiger partial charge in [0.25, 0.3) is 5.69 Å². The molecule has 0 bridgehead atoms. The molecule has 1 N–H and O–H groups in total. The second kappa shape index (κ2) is 11.1. The van der Waals surface area contributed by atoms with E-state index in [0.717, 1.165) is 41.7 Å². The maximum atomic E-state index is 12.1. The lowest BCUT2D eigenvalue weighted by Gasteiger charge is -2.29. The molecular formula is C21H23BrN4O3S. The van der Waals surface area contributed by atoms with Crippen molar-refractivity contribution in [3.8, 4) is 0 Å². The molecule has 0 unspecified atom stereocenters. The van der Waals surface area contributed by atoms with Gasteiger partial charge in [0.05, 0.1) is 16.9 Å². The highest BCUT2D eigenvalue weighted by atomic mass is 79.9. The third-order valence-corrected chi connectivity index (χ3v) is 6.52. The number of halogens is 1. The molecule has 2 aromatic carbocycles. The smallest absolute Gasteiger partial charge is 0.270 e. The maximum absolute atomic E-state index is 12.1. The van der Waals surface area contributed by atoms with Gasteiger partial charge in [0.15, 0.2) is 0 Å². The van der Waals surface area contributed by atoms with Gasteiger partial charge in [0, 0.05) is 46.7 Å². The van der Waals surface area contributed by atoms with Gasteiger partial charge in [-0.15, -0.1) is 11.8 Å². The number of rotatable bonds is 8. The van der Waals surface area contributed by atoms with Crippen molar-refractivity contribution in [2.45, 2.75) is 25.0 Å². The summed E-state index contributed by atoms with van der Waals surface area (Å²) >= 11 is 4.99. The SMILES string of the molecule is O=C(CSCc1ccccc1Br)N/N=C\c1cc([N+](=O)[O-])ccc1N1CCCCC1. The number of carbonyl (C=O) groups is 1. The van der Waals surface area contributed by atoms with Crippen molar-refractivity contribution >= 4 is 51.2 Å². The number of amides is 1. The maximum Gasteiger partial charge on any atom is 0.270 e. The van der Waals surface area contributed by atoms with Crippen LogP contribution in [-0.2, 0) is 10.5 Å². The number of piperidine rings is 1. The number of nitro groups is 1. The highest BCUT2D eigenvalue weighted by Gasteiger charge is 2.17. The summed E-state index contributed by atoms with van der Waals surface area (Å²) in [5, 5.41) is 15.2. The summed E-state index contributed by atoms with van der Waals surface area (Å²) in [6, 6.07) is 12.7. The number of carbonyl (C=O) groups excluding carboxylic acids is 1. The van der Waals surface area contributed by atoms with E-state index in [1.807, 2.05) is 24.3 Å². The van der Waals surface area contributed by atoms with E-state index < -0.39 is 4.92 Å². The molecule has 2 aromatic rings. The van der Waals surface area contributed by atoms with Crippen LogP contribution in [0.25, 0.3) is 0 Å². The average Bonchev–Trinajstić information content (AvgIpc) is 2.75. The van der Waals surface area contributed by atoms with Crippen LogP contribution < -0.4 is 10.3 Å². The molecule has 0 spiro atoms. The number of thioether (sulfide) groups is 1. The molecular weight excluding hydrogens is 468 g/mol. The van der Waals surface area contributed by atoms with Gasteiger partial charge < -0.3 is 4.90 Å². The first-order valence-electron chi connectivity index (χ1n) is 9.71. The average molecular weight is 491 g/mol. The number of hydrogen-bond donors (Lipinski definition) is 1. The first-order valence-corrected chi connectivity index (χ1v) is 11.7. The van der Waals surface area contributed by atoms with Crippen LogP contribution in [0.15, 0.2) is 52.0 Å². The Balaban J connectivity index is 1.59. The molecule has 0 saturated carbocycles. The van der Waals surface area contributed by atoms with Crippen LogP contribution >= 0.6 is 27.7 Å². The van der Waals surface area contributed by atoms with Crippen LogP contribution in [0.1, 0.15) is 30.4 Å². The van der Waals surface area contributed by atoms with E-state index in [0.29, 0.717) is 11.3 Å². The Kier molecular flexibility index (Phi) is 8.27. The number of hydrogen-bond acceptors (Lipinski definition) is 6. The van der Waals surface area contributed by atoms with E-state index in [9.17, 15) is 14.9 Å². The summed E-state index contributed by atoms with van der Waals surface area (Å²) in [6.45, 7) is 1.83. The Morgan fingerprint density at radius 1 is 1.23 bits per heavy atom. The zero-order valence-electron chi connectivity index (χ0n) is 16.4. The van der Waals surface area contributed by atoms with E-state index in [2.05, 4.69) is 31.4 Å². The summed E-state index contributed by atoms with van der Waals surface area (Å²) in [4.78, 5) is 25.0. The molecule has 1 fully saturated rings. The number of nitrogens with zero attached hydrogens (tertiary/aromatic N) is 3. The van der Waals surface area contributed by atoms with Crippen LogP contribution in [0, 0.1) is 10.1 Å². The van der Waals surface area contributed by atoms with Crippen LogP contribution in [0.4, 0.5) is 11.4 Å². The molecule has 0 atom stereocenters. The summed E-state index contributed by atoms with van der Waals surface area (Å²) < 4.78 is 1.02. The van der Waals surface area contributed by atoms with E-state index in [1.165, 1.54) is 36.5 Å². The Labute approximate surface area is 188 Å². The van der Waals surface area contributed by atoms with Crippen molar-refractivity contribution in [2.75, 3.05) is 23.7 Å². The lowest BCUT2D eigenvalue weighted by molar-refractivity contribution is -0.384. The van der Waals surface area contributed by atoms with E-state index in [-0.39, 0.29) is 17.3 Å². The van der Waals surface area contributed by atoms with Gasteiger partial charge >= 0.3 is 0 Å². The van der Waals surface area contributed by atoms with Gasteiger partial charge in [-0.05, 0) is 37.0 Å². The highest BCUT2D eigenvalue weighted by Crippen LogP contribution is 2.27. The summed E-state index contributed by atoms with van der Waals surface area (Å²) in [5.41, 5.74) is 5.19. The minimum atomic E-state index is -0.422. The lowest BCUT2D eigenvalue weighted by atomic mass is 10.1. The number of benzene rings is 2.